The molecule has 58 valence electrons. The molecule has 2 amide bonds. The van der Waals surface area contributed by atoms with Crippen LogP contribution in [0.5, 0.6) is 0 Å². The Kier molecular flexibility index (Phi) is 4.11. The lowest BCUT2D eigenvalue weighted by molar-refractivity contribution is 0.236. The molecule has 0 atom stereocenters. The molecule has 0 saturated heterocycles. The normalized spacial score (nSPS) is 8.70. The van der Waals surface area contributed by atoms with Crippen LogP contribution in [0.2, 0.25) is 0 Å². The predicted molar refractivity (Wildman–Crippen MR) is 40.1 cm³/mol. The fourth-order valence-electron chi connectivity index (χ4n) is 0.415. The van der Waals surface area contributed by atoms with Crippen LogP contribution in [0.15, 0.2) is 12.8 Å². The predicted octanol–water partition coefficient (Wildman–Crippen LogP) is 0.342. The van der Waals surface area contributed by atoms with Gasteiger partial charge in [0.2, 0.25) is 0 Å². The number of hydrogen-bond donors (Lipinski definition) is 3. The first-order valence-corrected chi connectivity index (χ1v) is 3.09. The van der Waals surface area contributed by atoms with E-state index in [-0.39, 0.29) is 12.1 Å². The minimum absolute atomic E-state index is 0.145. The van der Waals surface area contributed by atoms with E-state index in [2.05, 4.69) is 22.7 Å². The molecule has 0 aliphatic carbocycles. The Morgan fingerprint density at radius 1 is 1.60 bits per heavy atom. The maximum atomic E-state index is 10.7. The maximum Gasteiger partial charge on any atom is 0.333 e. The molecule has 0 radical (unpaired) electrons. The summed E-state index contributed by atoms with van der Waals surface area (Å²) in [4.78, 5) is 10.7. The third-order valence-electron chi connectivity index (χ3n) is 0.708. The molecule has 0 saturated carbocycles. The quantitative estimate of drug-likeness (QED) is 0.499. The second-order valence-corrected chi connectivity index (χ2v) is 2.10. The molecular formula is C6H13N3O. The Morgan fingerprint density at radius 3 is 2.60 bits per heavy atom. The Hall–Kier alpha value is -1.19. The van der Waals surface area contributed by atoms with E-state index >= 15 is 0 Å². The van der Waals surface area contributed by atoms with E-state index in [1.807, 2.05) is 13.8 Å². The third kappa shape index (κ3) is 4.96. The lowest BCUT2D eigenvalue weighted by Gasteiger charge is -2.08. The fraction of sp³-hybridized carbons (Fsp3) is 0.500. The highest BCUT2D eigenvalue weighted by atomic mass is 16.2. The van der Waals surface area contributed by atoms with Gasteiger partial charge in [0.05, 0.1) is 0 Å². The van der Waals surface area contributed by atoms with E-state index in [9.17, 15) is 4.79 Å². The third-order valence-corrected chi connectivity index (χ3v) is 0.708. The molecule has 4 heteroatoms. The minimum Gasteiger partial charge on any atom is -0.335 e. The monoisotopic (exact) mass is 143 g/mol. The summed E-state index contributed by atoms with van der Waals surface area (Å²) in [6, 6.07) is -0.110. The van der Waals surface area contributed by atoms with Crippen molar-refractivity contribution < 1.29 is 4.79 Å². The Morgan fingerprint density at radius 2 is 2.20 bits per heavy atom. The molecule has 4 nitrogen and oxygen atoms in total. The second kappa shape index (κ2) is 4.67. The number of nitrogens with one attached hydrogen (secondary N) is 3. The van der Waals surface area contributed by atoms with E-state index in [1.165, 1.54) is 6.20 Å². The van der Waals surface area contributed by atoms with Crippen LogP contribution in [0.1, 0.15) is 13.8 Å². The first-order valence-electron chi connectivity index (χ1n) is 3.09. The second-order valence-electron chi connectivity index (χ2n) is 2.10. The van der Waals surface area contributed by atoms with Gasteiger partial charge in [0, 0.05) is 12.2 Å². The number of amides is 2. The van der Waals surface area contributed by atoms with E-state index in [0.717, 1.165) is 0 Å². The van der Waals surface area contributed by atoms with Gasteiger partial charge in [-0.25, -0.2) is 4.79 Å². The van der Waals surface area contributed by atoms with Gasteiger partial charge in [0.1, 0.15) is 0 Å². The summed E-state index contributed by atoms with van der Waals surface area (Å²) in [6.45, 7) is 7.12. The fourth-order valence-corrected chi connectivity index (χ4v) is 0.415. The van der Waals surface area contributed by atoms with Crippen molar-refractivity contribution >= 4 is 6.03 Å². The molecule has 0 aromatic carbocycles. The van der Waals surface area contributed by atoms with Crippen molar-refractivity contribution in [2.75, 3.05) is 0 Å². The average molecular weight is 143 g/mol. The van der Waals surface area contributed by atoms with Gasteiger partial charge in [0.15, 0.2) is 0 Å². The van der Waals surface area contributed by atoms with Gasteiger partial charge < -0.3 is 10.7 Å². The number of hydrazine groups is 1. The number of carbonyl (C=O) groups is 1. The lowest BCUT2D eigenvalue weighted by atomic mass is 10.4. The zero-order valence-electron chi connectivity index (χ0n) is 6.27. The Labute approximate surface area is 60.7 Å². The molecule has 0 aromatic heterocycles. The topological polar surface area (TPSA) is 53.2 Å². The van der Waals surface area contributed by atoms with Crippen molar-refractivity contribution in [1.82, 2.24) is 16.2 Å². The number of hydrogen-bond acceptors (Lipinski definition) is 2. The van der Waals surface area contributed by atoms with Gasteiger partial charge in [-0.15, -0.1) is 0 Å². The summed E-state index contributed by atoms with van der Waals surface area (Å²) in [5.41, 5.74) is 4.80. The summed E-state index contributed by atoms with van der Waals surface area (Å²) >= 11 is 0. The van der Waals surface area contributed by atoms with Crippen molar-refractivity contribution in [3.05, 3.63) is 12.8 Å². The maximum absolute atomic E-state index is 10.7. The molecule has 0 aromatic rings. The van der Waals surface area contributed by atoms with Gasteiger partial charge in [0.25, 0.3) is 0 Å². The average Bonchev–Trinajstić information content (AvgIpc) is 1.82. The molecule has 0 fully saturated rings. The van der Waals surface area contributed by atoms with Crippen LogP contribution in [0.4, 0.5) is 4.79 Å². The summed E-state index contributed by atoms with van der Waals surface area (Å²) < 4.78 is 0. The molecule has 0 rings (SSSR count). The Balaban J connectivity index is 3.34. The SMILES string of the molecule is C=CNNC(=O)NC(C)C. The molecule has 0 heterocycles. The summed E-state index contributed by atoms with van der Waals surface area (Å²) in [6.07, 6.45) is 1.39. The van der Waals surface area contributed by atoms with Gasteiger partial charge in [-0.1, -0.05) is 6.58 Å². The lowest BCUT2D eigenvalue weighted by Crippen LogP contribution is -2.44. The van der Waals surface area contributed by atoms with E-state index in [4.69, 9.17) is 0 Å². The molecule has 0 bridgehead atoms. The summed E-state index contributed by atoms with van der Waals surface area (Å²) in [7, 11) is 0. The van der Waals surface area contributed by atoms with Crippen LogP contribution in [0.3, 0.4) is 0 Å². The smallest absolute Gasteiger partial charge is 0.333 e. The van der Waals surface area contributed by atoms with Crippen molar-refractivity contribution in [1.29, 1.82) is 0 Å². The summed E-state index contributed by atoms with van der Waals surface area (Å²) in [5.74, 6) is 0. The minimum atomic E-state index is -0.255. The Bertz CT molecular complexity index is 122. The number of urea groups is 1. The number of carbonyl (C=O) groups excluding carboxylic acids is 1. The first kappa shape index (κ1) is 8.81. The van der Waals surface area contributed by atoms with Crippen LogP contribution in [0, 0.1) is 0 Å². The summed E-state index contributed by atoms with van der Waals surface area (Å²) in [5, 5.41) is 2.62. The first-order chi connectivity index (χ1) is 4.66. The van der Waals surface area contributed by atoms with E-state index in [1.54, 1.807) is 0 Å². The molecule has 10 heavy (non-hydrogen) atoms. The van der Waals surface area contributed by atoms with Gasteiger partial charge in [-0.2, -0.15) is 0 Å². The van der Waals surface area contributed by atoms with Crippen LogP contribution in [0.25, 0.3) is 0 Å². The van der Waals surface area contributed by atoms with Crippen molar-refractivity contribution in [3.63, 3.8) is 0 Å². The molecule has 0 aliphatic rings. The highest BCUT2D eigenvalue weighted by molar-refractivity contribution is 5.73. The van der Waals surface area contributed by atoms with Gasteiger partial charge in [-0.05, 0) is 13.8 Å². The molecular weight excluding hydrogens is 130 g/mol. The van der Waals surface area contributed by atoms with Crippen molar-refractivity contribution in [2.45, 2.75) is 19.9 Å². The van der Waals surface area contributed by atoms with Crippen LogP contribution >= 0.6 is 0 Å². The highest BCUT2D eigenvalue weighted by Crippen LogP contribution is 1.73. The zero-order valence-corrected chi connectivity index (χ0v) is 6.27. The number of rotatable bonds is 3. The highest BCUT2D eigenvalue weighted by Gasteiger charge is 1.97. The van der Waals surface area contributed by atoms with Crippen LogP contribution in [-0.2, 0) is 0 Å². The van der Waals surface area contributed by atoms with Crippen molar-refractivity contribution in [3.8, 4) is 0 Å². The van der Waals surface area contributed by atoms with Crippen LogP contribution < -0.4 is 16.2 Å². The molecule has 0 spiro atoms. The van der Waals surface area contributed by atoms with Gasteiger partial charge >= 0.3 is 6.03 Å². The zero-order chi connectivity index (χ0) is 7.98. The molecule has 3 N–H and O–H groups in total. The molecule has 0 unspecified atom stereocenters. The van der Waals surface area contributed by atoms with Crippen LogP contribution in [-0.4, -0.2) is 12.1 Å². The molecule has 0 aliphatic heterocycles. The largest absolute Gasteiger partial charge is 0.335 e. The van der Waals surface area contributed by atoms with Gasteiger partial charge in [-0.3, -0.25) is 5.43 Å². The standard InChI is InChI=1S/C6H13N3O/c1-4-7-9-6(10)8-5(2)3/h4-5,7H,1H2,2-3H3,(H2,8,9,10). The van der Waals surface area contributed by atoms with E-state index < -0.39 is 0 Å². The van der Waals surface area contributed by atoms with E-state index in [0.29, 0.717) is 0 Å². The van der Waals surface area contributed by atoms with Crippen molar-refractivity contribution in [2.24, 2.45) is 0 Å².